The molecule has 1 amide bonds. The molecule has 45 heavy (non-hydrogen) atoms. The van der Waals surface area contributed by atoms with Gasteiger partial charge in [-0.2, -0.15) is 0 Å². The van der Waals surface area contributed by atoms with E-state index in [1.807, 2.05) is 43.4 Å². The summed E-state index contributed by atoms with van der Waals surface area (Å²) in [6.07, 6.45) is 1.15. The number of aliphatic hydroxyl groups is 2. The van der Waals surface area contributed by atoms with E-state index >= 15 is 0 Å². The van der Waals surface area contributed by atoms with E-state index in [0.29, 0.717) is 24.7 Å². The summed E-state index contributed by atoms with van der Waals surface area (Å²) >= 11 is 0. The third kappa shape index (κ3) is 10.6. The number of nitrogens with zero attached hydrogens (tertiary/aromatic N) is 4. The molecule has 11 heteroatoms. The second-order valence-electron chi connectivity index (χ2n) is 11.6. The molecule has 0 spiro atoms. The molecular weight excluding hydrogens is 594 g/mol. The van der Waals surface area contributed by atoms with Gasteiger partial charge in [0.05, 0.1) is 29.6 Å². The lowest BCUT2D eigenvalue weighted by atomic mass is 10.0. The number of β-amino-alcohol motifs (C(OH)–C–C–N with tert-alkyl or cyclic N) is 2. The van der Waals surface area contributed by atoms with Gasteiger partial charge < -0.3 is 20.4 Å². The highest BCUT2D eigenvalue weighted by Gasteiger charge is 2.29. The zero-order valence-electron chi connectivity index (χ0n) is 26.1. The number of nitrogens with one attached hydrogen (secondary N) is 1. The van der Waals surface area contributed by atoms with Crippen LogP contribution in [0, 0.1) is 10.1 Å². The van der Waals surface area contributed by atoms with E-state index in [-0.39, 0.29) is 48.7 Å². The second kappa shape index (κ2) is 17.9. The predicted octanol–water partition coefficient (Wildman–Crippen LogP) is 3.84. The number of benzene rings is 3. The van der Waals surface area contributed by atoms with Crippen LogP contribution in [0.15, 0.2) is 84.9 Å². The number of rotatable bonds is 11. The van der Waals surface area contributed by atoms with Gasteiger partial charge in [-0.3, -0.25) is 24.7 Å². The van der Waals surface area contributed by atoms with Gasteiger partial charge in [-0.1, -0.05) is 78.9 Å². The highest BCUT2D eigenvalue weighted by Crippen LogP contribution is 2.25. The van der Waals surface area contributed by atoms with Gasteiger partial charge in [0, 0.05) is 64.0 Å². The van der Waals surface area contributed by atoms with Gasteiger partial charge in [0.25, 0.3) is 5.69 Å². The van der Waals surface area contributed by atoms with Crippen molar-refractivity contribution in [1.82, 2.24) is 20.0 Å². The Balaban J connectivity index is 0.000000276. The fourth-order valence-corrected chi connectivity index (χ4v) is 5.93. The Bertz CT molecular complexity index is 1330. The van der Waals surface area contributed by atoms with Gasteiger partial charge in [0.15, 0.2) is 0 Å². The minimum atomic E-state index is -0.455. The van der Waals surface area contributed by atoms with Crippen LogP contribution < -0.4 is 5.32 Å². The number of carbonyl (C=O) groups is 1. The molecule has 0 aromatic heterocycles. The molecule has 0 unspecified atom stereocenters. The number of amides is 1. The summed E-state index contributed by atoms with van der Waals surface area (Å²) in [6.45, 7) is 4.78. The minimum absolute atomic E-state index is 0. The van der Waals surface area contributed by atoms with Gasteiger partial charge in [0.1, 0.15) is 0 Å². The van der Waals surface area contributed by atoms with E-state index in [2.05, 4.69) is 39.4 Å². The van der Waals surface area contributed by atoms with Crippen LogP contribution in [0.5, 0.6) is 0 Å². The molecule has 2 fully saturated rings. The Labute approximate surface area is 272 Å². The molecule has 244 valence electrons. The lowest BCUT2D eigenvalue weighted by Crippen LogP contribution is -2.39. The van der Waals surface area contributed by atoms with Gasteiger partial charge >= 0.3 is 0 Å². The van der Waals surface area contributed by atoms with Crippen molar-refractivity contribution < 1.29 is 19.9 Å². The number of para-hydroxylation sites is 1. The van der Waals surface area contributed by atoms with Crippen molar-refractivity contribution in [3.05, 3.63) is 112 Å². The van der Waals surface area contributed by atoms with Crippen molar-refractivity contribution in [2.75, 3.05) is 53.4 Å². The first kappa shape index (κ1) is 36.1. The molecule has 3 N–H and O–H groups in total. The molecular formula is C34H46ClN5O5. The normalized spacial score (nSPS) is 19.6. The van der Waals surface area contributed by atoms with Gasteiger partial charge in [-0.25, -0.2) is 0 Å². The summed E-state index contributed by atoms with van der Waals surface area (Å²) in [7, 11) is 3.73. The summed E-state index contributed by atoms with van der Waals surface area (Å²) in [4.78, 5) is 29.9. The molecule has 2 aliphatic rings. The zero-order chi connectivity index (χ0) is 31.5. The van der Waals surface area contributed by atoms with Crippen LogP contribution in [0.4, 0.5) is 5.69 Å². The number of nitro groups is 1. The molecule has 0 saturated carbocycles. The average Bonchev–Trinajstić information content (AvgIpc) is 3.66. The molecule has 2 saturated heterocycles. The van der Waals surface area contributed by atoms with E-state index in [9.17, 15) is 25.1 Å². The Morgan fingerprint density at radius 1 is 0.889 bits per heavy atom. The number of likely N-dealkylation sites (tertiary alicyclic amines) is 2. The number of aliphatic hydroxyl groups excluding tert-OH is 2. The fourth-order valence-electron chi connectivity index (χ4n) is 5.93. The van der Waals surface area contributed by atoms with Gasteiger partial charge in [-0.05, 0) is 31.0 Å². The number of hydrogen-bond donors (Lipinski definition) is 3. The molecule has 5 rings (SSSR count). The van der Waals surface area contributed by atoms with E-state index in [4.69, 9.17) is 0 Å². The van der Waals surface area contributed by atoms with Gasteiger partial charge in [0.2, 0.25) is 5.91 Å². The Hall–Kier alpha value is -3.38. The quantitative estimate of drug-likeness (QED) is 0.214. The van der Waals surface area contributed by atoms with Crippen molar-refractivity contribution >= 4 is 24.0 Å². The van der Waals surface area contributed by atoms with E-state index in [0.717, 1.165) is 44.6 Å². The molecule has 0 bridgehead atoms. The SMILES string of the molecule is CN(C(=O)Cc1ccccc1[N+](=O)[O-])[C@H](CN1CC[C@H](O)C1)c1ccccc1.CN[C@H](CN1CC[C@H](O)C1)c1ccccc1.Cl. The number of halogens is 1. The van der Waals surface area contributed by atoms with Crippen LogP contribution in [-0.2, 0) is 11.2 Å². The number of hydrogen-bond acceptors (Lipinski definition) is 8. The predicted molar refractivity (Wildman–Crippen MR) is 178 cm³/mol. The lowest BCUT2D eigenvalue weighted by Gasteiger charge is -2.32. The summed E-state index contributed by atoms with van der Waals surface area (Å²) in [5.74, 6) is -0.178. The smallest absolute Gasteiger partial charge is 0.273 e. The topological polar surface area (TPSA) is 122 Å². The summed E-state index contributed by atoms with van der Waals surface area (Å²) in [5.41, 5.74) is 2.68. The third-order valence-electron chi connectivity index (χ3n) is 8.49. The third-order valence-corrected chi connectivity index (χ3v) is 8.49. The Morgan fingerprint density at radius 3 is 1.91 bits per heavy atom. The highest BCUT2D eigenvalue weighted by atomic mass is 35.5. The zero-order valence-corrected chi connectivity index (χ0v) is 26.9. The first-order valence-electron chi connectivity index (χ1n) is 15.3. The van der Waals surface area contributed by atoms with Crippen molar-refractivity contribution in [2.45, 2.75) is 43.6 Å². The summed E-state index contributed by atoms with van der Waals surface area (Å²) < 4.78 is 0. The molecule has 3 aromatic rings. The number of likely N-dealkylation sites (N-methyl/N-ethyl adjacent to an activating group) is 2. The van der Waals surface area contributed by atoms with Gasteiger partial charge in [-0.15, -0.1) is 12.4 Å². The first-order chi connectivity index (χ1) is 21.2. The van der Waals surface area contributed by atoms with Crippen LogP contribution >= 0.6 is 12.4 Å². The molecule has 2 heterocycles. The monoisotopic (exact) mass is 639 g/mol. The van der Waals surface area contributed by atoms with Crippen molar-refractivity contribution in [1.29, 1.82) is 0 Å². The largest absolute Gasteiger partial charge is 0.392 e. The molecule has 10 nitrogen and oxygen atoms in total. The van der Waals surface area contributed by atoms with Crippen LogP contribution in [0.2, 0.25) is 0 Å². The minimum Gasteiger partial charge on any atom is -0.392 e. The molecule has 3 aromatic carbocycles. The van der Waals surface area contributed by atoms with E-state index in [1.54, 1.807) is 30.1 Å². The highest BCUT2D eigenvalue weighted by molar-refractivity contribution is 5.85. The maximum Gasteiger partial charge on any atom is 0.273 e. The van der Waals surface area contributed by atoms with Crippen molar-refractivity contribution in [3.8, 4) is 0 Å². The maximum absolute atomic E-state index is 13.0. The molecule has 0 radical (unpaired) electrons. The van der Waals surface area contributed by atoms with Crippen LogP contribution in [0.1, 0.15) is 41.6 Å². The van der Waals surface area contributed by atoms with E-state index < -0.39 is 4.92 Å². The molecule has 2 aliphatic heterocycles. The average molecular weight is 640 g/mol. The summed E-state index contributed by atoms with van der Waals surface area (Å²) in [6, 6.07) is 26.7. The number of carbonyl (C=O) groups excluding carboxylic acids is 1. The first-order valence-corrected chi connectivity index (χ1v) is 15.3. The maximum atomic E-state index is 13.0. The second-order valence-corrected chi connectivity index (χ2v) is 11.6. The van der Waals surface area contributed by atoms with Crippen molar-refractivity contribution in [2.24, 2.45) is 0 Å². The fraction of sp³-hybridized carbons (Fsp3) is 0.441. The Morgan fingerprint density at radius 2 is 1.40 bits per heavy atom. The molecule has 4 atom stereocenters. The summed E-state index contributed by atoms with van der Waals surface area (Å²) in [5, 5.41) is 33.9. The van der Waals surface area contributed by atoms with Crippen LogP contribution in [0.25, 0.3) is 0 Å². The number of nitro benzene ring substituents is 1. The van der Waals surface area contributed by atoms with E-state index in [1.165, 1.54) is 11.6 Å². The lowest BCUT2D eigenvalue weighted by molar-refractivity contribution is -0.385. The molecule has 0 aliphatic carbocycles. The van der Waals surface area contributed by atoms with Crippen LogP contribution in [0.3, 0.4) is 0 Å². The van der Waals surface area contributed by atoms with Crippen molar-refractivity contribution in [3.63, 3.8) is 0 Å². The standard InChI is InChI=1S/C21H25N3O4.C13H20N2O.ClH/c1-22(21(26)13-17-9-5-6-10-19(17)24(27)28)20(16-7-3-2-4-8-16)15-23-12-11-18(25)14-23;1-14-13(11-5-3-2-4-6-11)10-15-8-7-12(16)9-15;/h2-10,18,20,25H,11-15H2,1H3;2-6,12-14,16H,7-10H2,1H3;1H/t18-,20+;12-,13+;/m00./s1. The van der Waals surface area contributed by atoms with Crippen LogP contribution in [-0.4, -0.2) is 101 Å². The Kier molecular flexibility index (Phi) is 14.4.